The quantitative estimate of drug-likeness (QED) is 0.708. The first kappa shape index (κ1) is 14.3. The number of rotatable bonds is 2. The first-order valence-corrected chi connectivity index (χ1v) is 7.40. The average molecular weight is 323 g/mol. The number of amides is 2. The normalized spacial score (nSPS) is 17.8. The van der Waals surface area contributed by atoms with Gasteiger partial charge in [0.15, 0.2) is 0 Å². The molecule has 4 rings (SSSR count). The van der Waals surface area contributed by atoms with Crippen LogP contribution in [0.1, 0.15) is 23.8 Å². The van der Waals surface area contributed by atoms with E-state index < -0.39 is 17.7 Å². The number of carbonyl (C=O) groups excluding carboxylic acids is 1. The maximum Gasteiger partial charge on any atom is 0.345 e. The number of para-hydroxylation sites is 1. The second-order valence-electron chi connectivity index (χ2n) is 5.40. The monoisotopic (exact) mass is 323 g/mol. The zero-order chi connectivity index (χ0) is 16.5. The predicted molar refractivity (Wildman–Crippen MR) is 86.8 cm³/mol. The summed E-state index contributed by atoms with van der Waals surface area (Å²) in [5.41, 5.74) is 3.12. The summed E-state index contributed by atoms with van der Waals surface area (Å²) in [5, 5.41) is 7.59. The van der Waals surface area contributed by atoms with Gasteiger partial charge in [-0.3, -0.25) is 0 Å². The van der Waals surface area contributed by atoms with E-state index in [1.807, 2.05) is 12.1 Å². The molecule has 24 heavy (non-hydrogen) atoms. The number of hydrogen-bond donors (Lipinski definition) is 2. The molecule has 1 aliphatic heterocycles. The largest absolute Gasteiger partial charge is 0.467 e. The lowest BCUT2D eigenvalue weighted by Crippen LogP contribution is -2.33. The van der Waals surface area contributed by atoms with Crippen molar-refractivity contribution in [3.05, 3.63) is 70.5 Å². The van der Waals surface area contributed by atoms with E-state index in [2.05, 4.69) is 15.8 Å². The van der Waals surface area contributed by atoms with Crippen LogP contribution in [0.25, 0.3) is 11.0 Å². The molecule has 0 saturated heterocycles. The van der Waals surface area contributed by atoms with Gasteiger partial charge in [-0.1, -0.05) is 18.2 Å². The zero-order valence-corrected chi connectivity index (χ0v) is 12.5. The summed E-state index contributed by atoms with van der Waals surface area (Å²) in [6.45, 7) is 0. The minimum absolute atomic E-state index is 0.301. The Morgan fingerprint density at radius 1 is 1.12 bits per heavy atom. The first-order valence-electron chi connectivity index (χ1n) is 7.40. The minimum atomic E-state index is -0.498. The number of carbonyl (C=O) groups is 1. The number of hydrogen-bond acceptors (Lipinski definition) is 5. The van der Waals surface area contributed by atoms with Gasteiger partial charge < -0.3 is 14.2 Å². The Kier molecular flexibility index (Phi) is 3.38. The Morgan fingerprint density at radius 2 is 2.00 bits per heavy atom. The molecular weight excluding hydrogens is 310 g/mol. The van der Waals surface area contributed by atoms with Crippen molar-refractivity contribution >= 4 is 22.7 Å². The van der Waals surface area contributed by atoms with E-state index in [9.17, 15) is 9.59 Å². The van der Waals surface area contributed by atoms with Crippen LogP contribution in [-0.4, -0.2) is 11.7 Å². The fourth-order valence-electron chi connectivity index (χ4n) is 2.69. The molecule has 0 spiro atoms. The highest BCUT2D eigenvalue weighted by atomic mass is 16.4. The molecule has 2 N–H and O–H groups in total. The third-order valence-electron chi connectivity index (χ3n) is 3.83. The van der Waals surface area contributed by atoms with E-state index in [-0.39, 0.29) is 0 Å². The molecule has 1 aromatic carbocycles. The Bertz CT molecular complexity index is 988. The van der Waals surface area contributed by atoms with E-state index in [1.54, 1.807) is 30.3 Å². The average Bonchev–Trinajstić information content (AvgIpc) is 3.05. The molecule has 120 valence electrons. The topological polar surface area (TPSA) is 96.8 Å². The van der Waals surface area contributed by atoms with Crippen LogP contribution in [0.15, 0.2) is 67.5 Å². The van der Waals surface area contributed by atoms with Gasteiger partial charge in [-0.25, -0.2) is 15.0 Å². The molecule has 0 aliphatic carbocycles. The van der Waals surface area contributed by atoms with Crippen LogP contribution in [0, 0.1) is 0 Å². The van der Waals surface area contributed by atoms with Crippen LogP contribution in [0.3, 0.4) is 0 Å². The van der Waals surface area contributed by atoms with Gasteiger partial charge in [0.2, 0.25) is 0 Å². The number of fused-ring (bicyclic) bond motifs is 1. The molecule has 0 fully saturated rings. The van der Waals surface area contributed by atoms with Gasteiger partial charge in [0.25, 0.3) is 0 Å². The summed E-state index contributed by atoms with van der Waals surface area (Å²) < 4.78 is 10.7. The van der Waals surface area contributed by atoms with Gasteiger partial charge in [0.05, 0.1) is 23.6 Å². The highest BCUT2D eigenvalue weighted by molar-refractivity contribution is 6.03. The van der Waals surface area contributed by atoms with Crippen molar-refractivity contribution in [2.24, 2.45) is 5.10 Å². The molecule has 2 amide bonds. The van der Waals surface area contributed by atoms with Crippen LogP contribution >= 0.6 is 0 Å². The second-order valence-corrected chi connectivity index (χ2v) is 5.40. The molecule has 3 aromatic rings. The van der Waals surface area contributed by atoms with Crippen LogP contribution in [-0.2, 0) is 0 Å². The van der Waals surface area contributed by atoms with Crippen LogP contribution in [0.2, 0.25) is 0 Å². The van der Waals surface area contributed by atoms with Crippen molar-refractivity contribution < 1.29 is 13.6 Å². The Labute approximate surface area is 136 Å². The number of nitrogens with zero attached hydrogens (tertiary/aromatic N) is 1. The van der Waals surface area contributed by atoms with Gasteiger partial charge in [-0.15, -0.1) is 0 Å². The molecule has 7 nitrogen and oxygen atoms in total. The van der Waals surface area contributed by atoms with Crippen molar-refractivity contribution in [3.63, 3.8) is 0 Å². The number of urea groups is 1. The predicted octanol–water partition coefficient (Wildman–Crippen LogP) is 2.53. The van der Waals surface area contributed by atoms with Crippen LogP contribution in [0.5, 0.6) is 0 Å². The molecule has 2 aromatic heterocycles. The van der Waals surface area contributed by atoms with Gasteiger partial charge in [-0.05, 0) is 24.3 Å². The summed E-state index contributed by atoms with van der Waals surface area (Å²) >= 11 is 0. The second kappa shape index (κ2) is 5.69. The molecule has 0 bridgehead atoms. The summed E-state index contributed by atoms with van der Waals surface area (Å²) in [7, 11) is 0. The fourth-order valence-corrected chi connectivity index (χ4v) is 2.69. The van der Waals surface area contributed by atoms with Crippen LogP contribution in [0.4, 0.5) is 4.79 Å². The fraction of sp³-hybridized carbons (Fsp3) is 0.118. The number of nitrogens with one attached hydrogen (secondary N) is 2. The summed E-state index contributed by atoms with van der Waals surface area (Å²) in [4.78, 5) is 24.1. The van der Waals surface area contributed by atoms with Gasteiger partial charge in [0, 0.05) is 11.8 Å². The summed E-state index contributed by atoms with van der Waals surface area (Å²) in [5.74, 6) is 0.588. The van der Waals surface area contributed by atoms with Crippen molar-refractivity contribution in [1.29, 1.82) is 0 Å². The van der Waals surface area contributed by atoms with Crippen molar-refractivity contribution in [3.8, 4) is 0 Å². The van der Waals surface area contributed by atoms with E-state index in [4.69, 9.17) is 8.83 Å². The molecule has 3 heterocycles. The van der Waals surface area contributed by atoms with Crippen molar-refractivity contribution in [1.82, 2.24) is 10.7 Å². The molecule has 1 unspecified atom stereocenters. The van der Waals surface area contributed by atoms with E-state index in [0.717, 1.165) is 5.39 Å². The lowest BCUT2D eigenvalue weighted by molar-refractivity contribution is 0.237. The van der Waals surface area contributed by atoms with E-state index >= 15 is 0 Å². The maximum absolute atomic E-state index is 12.3. The van der Waals surface area contributed by atoms with Gasteiger partial charge >= 0.3 is 11.7 Å². The minimum Gasteiger partial charge on any atom is -0.467 e. The van der Waals surface area contributed by atoms with E-state index in [0.29, 0.717) is 29.0 Å². The lowest BCUT2D eigenvalue weighted by atomic mass is 10.0. The third kappa shape index (κ3) is 2.56. The van der Waals surface area contributed by atoms with Gasteiger partial charge in [-0.2, -0.15) is 5.10 Å². The van der Waals surface area contributed by atoms with Crippen LogP contribution < -0.4 is 16.4 Å². The van der Waals surface area contributed by atoms with Crippen molar-refractivity contribution in [2.45, 2.75) is 12.5 Å². The smallest absolute Gasteiger partial charge is 0.345 e. The van der Waals surface area contributed by atoms with E-state index in [1.165, 1.54) is 6.26 Å². The molecule has 1 atom stereocenters. The molecular formula is C17H13N3O4. The van der Waals surface area contributed by atoms with Gasteiger partial charge in [0.1, 0.15) is 11.3 Å². The Morgan fingerprint density at radius 3 is 2.83 bits per heavy atom. The molecule has 0 saturated carbocycles. The molecule has 7 heteroatoms. The summed E-state index contributed by atoms with van der Waals surface area (Å²) in [6.07, 6.45) is 1.83. The Hall–Kier alpha value is -3.35. The standard InChI is InChI=1S/C17H13N3O4/c21-16-11(8-10-4-1-2-5-14(10)24-16)12-9-13(15-6-3-7-23-15)18-17(22)20-19-12/h1-8,13H,9H2,(H2,18,20,22). The highest BCUT2D eigenvalue weighted by Crippen LogP contribution is 2.22. The summed E-state index contributed by atoms with van der Waals surface area (Å²) in [6, 6.07) is 11.6. The molecule has 1 aliphatic rings. The highest BCUT2D eigenvalue weighted by Gasteiger charge is 2.25. The zero-order valence-electron chi connectivity index (χ0n) is 12.5. The number of benzene rings is 1. The lowest BCUT2D eigenvalue weighted by Gasteiger charge is -2.13. The van der Waals surface area contributed by atoms with Crippen molar-refractivity contribution in [2.75, 3.05) is 0 Å². The third-order valence-corrected chi connectivity index (χ3v) is 3.83. The first-order chi connectivity index (χ1) is 11.7. The Balaban J connectivity index is 1.78. The SMILES string of the molecule is O=C1NN=C(c2cc3ccccc3oc2=O)CC(c2ccco2)N1. The maximum atomic E-state index is 12.3. The number of furan rings is 1. The molecule has 0 radical (unpaired) electrons. The number of hydrazone groups is 1.